The van der Waals surface area contributed by atoms with Gasteiger partial charge in [-0.25, -0.2) is 4.39 Å². The van der Waals surface area contributed by atoms with E-state index in [4.69, 9.17) is 11.6 Å². The van der Waals surface area contributed by atoms with Gasteiger partial charge < -0.3 is 5.32 Å². The smallest absolute Gasteiger partial charge is 0.126 e. The molecule has 0 aliphatic rings. The zero-order chi connectivity index (χ0) is 15.2. The normalized spacial score (nSPS) is 12.4. The Labute approximate surface area is 131 Å². The van der Waals surface area contributed by atoms with Gasteiger partial charge in [-0.2, -0.15) is 0 Å². The van der Waals surface area contributed by atoms with Gasteiger partial charge in [0.1, 0.15) is 5.82 Å². The molecule has 2 rings (SSSR count). The number of nitrogens with one attached hydrogen (secondary N) is 1. The van der Waals surface area contributed by atoms with Gasteiger partial charge in [0.15, 0.2) is 0 Å². The first-order chi connectivity index (χ1) is 10.1. The van der Waals surface area contributed by atoms with E-state index >= 15 is 0 Å². The van der Waals surface area contributed by atoms with Crippen LogP contribution in [0.15, 0.2) is 42.5 Å². The lowest BCUT2D eigenvalue weighted by Crippen LogP contribution is -2.33. The molecule has 1 atom stereocenters. The summed E-state index contributed by atoms with van der Waals surface area (Å²) in [7, 11) is 0. The van der Waals surface area contributed by atoms with E-state index in [9.17, 15) is 4.39 Å². The Kier molecular flexibility index (Phi) is 5.77. The zero-order valence-corrected chi connectivity index (χ0v) is 13.3. The van der Waals surface area contributed by atoms with Crippen molar-refractivity contribution in [2.45, 2.75) is 32.7 Å². The van der Waals surface area contributed by atoms with Crippen LogP contribution in [-0.2, 0) is 12.8 Å². The van der Waals surface area contributed by atoms with Crippen LogP contribution in [0.1, 0.15) is 23.6 Å². The second-order valence-corrected chi connectivity index (χ2v) is 5.82. The fraction of sp³-hybridized carbons (Fsp3) is 0.333. The summed E-state index contributed by atoms with van der Waals surface area (Å²) in [5.74, 6) is -0.188. The summed E-state index contributed by atoms with van der Waals surface area (Å²) in [5, 5.41) is 4.02. The summed E-state index contributed by atoms with van der Waals surface area (Å²) in [4.78, 5) is 0. The Balaban J connectivity index is 2.13. The van der Waals surface area contributed by atoms with Crippen molar-refractivity contribution in [1.29, 1.82) is 0 Å². The lowest BCUT2D eigenvalue weighted by atomic mass is 9.97. The largest absolute Gasteiger partial charge is 0.314 e. The Morgan fingerprint density at radius 2 is 1.95 bits per heavy atom. The van der Waals surface area contributed by atoms with E-state index in [-0.39, 0.29) is 11.9 Å². The molecule has 1 unspecified atom stereocenters. The molecule has 3 heteroatoms. The standard InChI is InChI=1S/C18H21ClFN/c1-3-21-17(10-14-6-4-5-13(2)9-14)12-15-11-16(19)7-8-18(15)20/h4-9,11,17,21H,3,10,12H2,1-2H3. The topological polar surface area (TPSA) is 12.0 Å². The monoisotopic (exact) mass is 305 g/mol. The van der Waals surface area contributed by atoms with Crippen LogP contribution in [-0.4, -0.2) is 12.6 Å². The highest BCUT2D eigenvalue weighted by Gasteiger charge is 2.13. The van der Waals surface area contributed by atoms with Gasteiger partial charge in [-0.05, 0) is 55.6 Å². The fourth-order valence-electron chi connectivity index (χ4n) is 2.59. The molecular formula is C18H21ClFN. The third kappa shape index (κ3) is 4.83. The minimum atomic E-state index is -0.188. The van der Waals surface area contributed by atoms with Crippen LogP contribution in [0.2, 0.25) is 5.02 Å². The molecule has 112 valence electrons. The Morgan fingerprint density at radius 1 is 1.14 bits per heavy atom. The predicted molar refractivity (Wildman–Crippen MR) is 87.5 cm³/mol. The molecule has 21 heavy (non-hydrogen) atoms. The quantitative estimate of drug-likeness (QED) is 0.825. The van der Waals surface area contributed by atoms with Gasteiger partial charge in [0.25, 0.3) is 0 Å². The first-order valence-corrected chi connectivity index (χ1v) is 7.69. The van der Waals surface area contributed by atoms with Crippen molar-refractivity contribution in [3.8, 4) is 0 Å². The van der Waals surface area contributed by atoms with Crippen LogP contribution < -0.4 is 5.32 Å². The highest BCUT2D eigenvalue weighted by Crippen LogP contribution is 2.18. The predicted octanol–water partition coefficient (Wildman–Crippen LogP) is 4.55. The van der Waals surface area contributed by atoms with Crippen LogP contribution in [0.5, 0.6) is 0 Å². The molecule has 2 aromatic rings. The minimum absolute atomic E-state index is 0.188. The van der Waals surface area contributed by atoms with E-state index in [1.165, 1.54) is 17.2 Å². The highest BCUT2D eigenvalue weighted by atomic mass is 35.5. The van der Waals surface area contributed by atoms with Crippen molar-refractivity contribution in [3.05, 3.63) is 70.0 Å². The molecule has 0 saturated carbocycles. The SMILES string of the molecule is CCNC(Cc1cccc(C)c1)Cc1cc(Cl)ccc1F. The second kappa shape index (κ2) is 7.58. The third-order valence-corrected chi connectivity index (χ3v) is 3.77. The van der Waals surface area contributed by atoms with Crippen LogP contribution in [0.3, 0.4) is 0 Å². The maximum absolute atomic E-state index is 13.9. The molecule has 1 nitrogen and oxygen atoms in total. The summed E-state index contributed by atoms with van der Waals surface area (Å²) in [6.45, 7) is 5.01. The van der Waals surface area contributed by atoms with Crippen molar-refractivity contribution in [2.75, 3.05) is 6.54 Å². The molecule has 2 aromatic carbocycles. The summed E-state index contributed by atoms with van der Waals surface area (Å²) in [6.07, 6.45) is 1.51. The number of aryl methyl sites for hydroxylation is 1. The van der Waals surface area contributed by atoms with Crippen LogP contribution >= 0.6 is 11.6 Å². The minimum Gasteiger partial charge on any atom is -0.314 e. The summed E-state index contributed by atoms with van der Waals surface area (Å²) in [6, 6.07) is 13.4. The molecule has 0 heterocycles. The van der Waals surface area contributed by atoms with E-state index in [2.05, 4.69) is 43.4 Å². The van der Waals surface area contributed by atoms with E-state index in [0.717, 1.165) is 13.0 Å². The van der Waals surface area contributed by atoms with Crippen molar-refractivity contribution in [3.63, 3.8) is 0 Å². The third-order valence-electron chi connectivity index (χ3n) is 3.53. The molecule has 0 spiro atoms. The molecule has 0 aromatic heterocycles. The highest BCUT2D eigenvalue weighted by molar-refractivity contribution is 6.30. The molecule has 0 amide bonds. The van der Waals surface area contributed by atoms with Gasteiger partial charge in [0, 0.05) is 11.1 Å². The molecule has 0 bridgehead atoms. The number of benzene rings is 2. The van der Waals surface area contributed by atoms with Crippen LogP contribution in [0.25, 0.3) is 0 Å². The maximum Gasteiger partial charge on any atom is 0.126 e. The average Bonchev–Trinajstić information content (AvgIpc) is 2.43. The molecule has 0 radical (unpaired) electrons. The molecule has 0 fully saturated rings. The number of hydrogen-bond acceptors (Lipinski definition) is 1. The average molecular weight is 306 g/mol. The summed E-state index contributed by atoms with van der Waals surface area (Å²) >= 11 is 5.97. The summed E-state index contributed by atoms with van der Waals surface area (Å²) in [5.41, 5.74) is 3.18. The van der Waals surface area contributed by atoms with Gasteiger partial charge in [-0.3, -0.25) is 0 Å². The second-order valence-electron chi connectivity index (χ2n) is 5.39. The summed E-state index contributed by atoms with van der Waals surface area (Å²) < 4.78 is 13.9. The maximum atomic E-state index is 13.9. The van der Waals surface area contributed by atoms with Crippen LogP contribution in [0.4, 0.5) is 4.39 Å². The molecule has 0 aliphatic carbocycles. The van der Waals surface area contributed by atoms with Gasteiger partial charge in [0.05, 0.1) is 0 Å². The first-order valence-electron chi connectivity index (χ1n) is 7.31. The van der Waals surface area contributed by atoms with Crippen molar-refractivity contribution < 1.29 is 4.39 Å². The van der Waals surface area contributed by atoms with Gasteiger partial charge in [-0.1, -0.05) is 48.4 Å². The number of hydrogen-bond donors (Lipinski definition) is 1. The number of halogens is 2. The Hall–Kier alpha value is -1.38. The molecule has 1 N–H and O–H groups in total. The van der Waals surface area contributed by atoms with E-state index < -0.39 is 0 Å². The molecular weight excluding hydrogens is 285 g/mol. The molecule has 0 aliphatic heterocycles. The van der Waals surface area contributed by atoms with Gasteiger partial charge in [-0.15, -0.1) is 0 Å². The van der Waals surface area contributed by atoms with Crippen molar-refractivity contribution in [2.24, 2.45) is 0 Å². The van der Waals surface area contributed by atoms with Gasteiger partial charge >= 0.3 is 0 Å². The van der Waals surface area contributed by atoms with E-state index in [1.807, 2.05) is 0 Å². The van der Waals surface area contributed by atoms with Crippen molar-refractivity contribution in [1.82, 2.24) is 5.32 Å². The number of rotatable bonds is 6. The lowest BCUT2D eigenvalue weighted by Gasteiger charge is -2.19. The van der Waals surface area contributed by atoms with E-state index in [1.54, 1.807) is 12.1 Å². The van der Waals surface area contributed by atoms with Crippen LogP contribution in [0, 0.1) is 12.7 Å². The first kappa shape index (κ1) is 16.0. The molecule has 0 saturated heterocycles. The Morgan fingerprint density at radius 3 is 2.67 bits per heavy atom. The van der Waals surface area contributed by atoms with E-state index in [0.29, 0.717) is 17.0 Å². The zero-order valence-electron chi connectivity index (χ0n) is 12.5. The fourth-order valence-corrected chi connectivity index (χ4v) is 2.79. The lowest BCUT2D eigenvalue weighted by molar-refractivity contribution is 0.506. The number of likely N-dealkylation sites (N-methyl/N-ethyl adjacent to an activating group) is 1. The van der Waals surface area contributed by atoms with Crippen molar-refractivity contribution >= 4 is 11.6 Å². The van der Waals surface area contributed by atoms with Gasteiger partial charge in [0.2, 0.25) is 0 Å². The Bertz CT molecular complexity index is 598.